The Balaban J connectivity index is 2.57. The molecule has 0 saturated heterocycles. The number of aromatic nitrogens is 2. The van der Waals surface area contributed by atoms with E-state index < -0.39 is 11.2 Å². The zero-order valence-electron chi connectivity index (χ0n) is 9.99. The molecule has 5 nitrogen and oxygen atoms in total. The molecule has 1 aliphatic carbocycles. The molecule has 1 heterocycles. The molecule has 1 atom stereocenters. The molecule has 0 aromatic carbocycles. The largest absolute Gasteiger partial charge is 0.328 e. The van der Waals surface area contributed by atoms with Gasteiger partial charge in [-0.1, -0.05) is 20.3 Å². The van der Waals surface area contributed by atoms with Crippen molar-refractivity contribution >= 4 is 0 Å². The molecule has 1 aliphatic rings. The van der Waals surface area contributed by atoms with Crippen LogP contribution >= 0.6 is 0 Å². The van der Waals surface area contributed by atoms with Gasteiger partial charge in [-0.2, -0.15) is 5.26 Å². The van der Waals surface area contributed by atoms with Crippen LogP contribution in [-0.2, 0) is 0 Å². The Morgan fingerprint density at radius 2 is 2.24 bits per heavy atom. The molecule has 5 heteroatoms. The van der Waals surface area contributed by atoms with Gasteiger partial charge in [0.1, 0.15) is 11.6 Å². The smallest absolute Gasteiger partial charge is 0.296 e. The maximum atomic E-state index is 11.8. The van der Waals surface area contributed by atoms with Gasteiger partial charge in [-0.15, -0.1) is 0 Å². The van der Waals surface area contributed by atoms with Crippen LogP contribution in [0.5, 0.6) is 0 Å². The van der Waals surface area contributed by atoms with E-state index in [1.807, 2.05) is 6.07 Å². The van der Waals surface area contributed by atoms with Crippen LogP contribution in [-0.4, -0.2) is 9.55 Å². The van der Waals surface area contributed by atoms with Crippen LogP contribution < -0.4 is 11.2 Å². The molecule has 0 radical (unpaired) electrons. The first-order valence-electron chi connectivity index (χ1n) is 5.71. The van der Waals surface area contributed by atoms with Crippen molar-refractivity contribution in [1.29, 1.82) is 5.26 Å². The molecule has 0 amide bonds. The second-order valence-electron chi connectivity index (χ2n) is 5.22. The lowest BCUT2D eigenvalue weighted by atomic mass is 9.87. The summed E-state index contributed by atoms with van der Waals surface area (Å²) in [4.78, 5) is 25.3. The third-order valence-corrected chi connectivity index (χ3v) is 3.62. The summed E-state index contributed by atoms with van der Waals surface area (Å²) in [6.45, 7) is 4.21. The number of hydrogen-bond acceptors (Lipinski definition) is 3. The number of hydrogen-bond donors (Lipinski definition) is 1. The Morgan fingerprint density at radius 3 is 2.76 bits per heavy atom. The zero-order chi connectivity index (χ0) is 12.6. The van der Waals surface area contributed by atoms with Crippen molar-refractivity contribution in [2.24, 2.45) is 5.41 Å². The highest BCUT2D eigenvalue weighted by Crippen LogP contribution is 2.44. The third kappa shape index (κ3) is 1.91. The summed E-state index contributed by atoms with van der Waals surface area (Å²) >= 11 is 0. The first-order chi connectivity index (χ1) is 7.95. The summed E-state index contributed by atoms with van der Waals surface area (Å²) in [5.74, 6) is 0. The average molecular weight is 233 g/mol. The number of nitriles is 1. The van der Waals surface area contributed by atoms with Gasteiger partial charge in [0.25, 0.3) is 5.56 Å². The highest BCUT2D eigenvalue weighted by atomic mass is 16.2. The Labute approximate surface area is 98.7 Å². The van der Waals surface area contributed by atoms with Crippen molar-refractivity contribution in [3.05, 3.63) is 32.6 Å². The molecule has 1 aromatic rings. The van der Waals surface area contributed by atoms with Crippen LogP contribution in [0, 0.1) is 16.7 Å². The first kappa shape index (κ1) is 11.6. The average Bonchev–Trinajstić information content (AvgIpc) is 2.59. The highest BCUT2D eigenvalue weighted by molar-refractivity contribution is 5.22. The van der Waals surface area contributed by atoms with Crippen molar-refractivity contribution in [2.45, 2.75) is 39.2 Å². The SMILES string of the molecule is CC1(C)CCCC1n1cc(C#N)c(=O)[nH]c1=O. The predicted molar refractivity (Wildman–Crippen MR) is 62.7 cm³/mol. The number of rotatable bonds is 1. The maximum Gasteiger partial charge on any atom is 0.328 e. The molecular formula is C12H15N3O2. The number of H-pyrrole nitrogens is 1. The van der Waals surface area contributed by atoms with Crippen molar-refractivity contribution in [3.63, 3.8) is 0 Å². The molecule has 1 saturated carbocycles. The van der Waals surface area contributed by atoms with Crippen molar-refractivity contribution < 1.29 is 0 Å². The molecule has 17 heavy (non-hydrogen) atoms. The second-order valence-corrected chi connectivity index (χ2v) is 5.22. The van der Waals surface area contributed by atoms with E-state index in [0.29, 0.717) is 0 Å². The fraction of sp³-hybridized carbons (Fsp3) is 0.583. The van der Waals surface area contributed by atoms with Crippen LogP contribution in [0.25, 0.3) is 0 Å². The number of nitrogens with zero attached hydrogens (tertiary/aromatic N) is 2. The number of aromatic amines is 1. The van der Waals surface area contributed by atoms with Gasteiger partial charge in [0, 0.05) is 12.2 Å². The molecule has 0 spiro atoms. The van der Waals surface area contributed by atoms with E-state index in [2.05, 4.69) is 18.8 Å². The van der Waals surface area contributed by atoms with Crippen LogP contribution in [0.1, 0.15) is 44.7 Å². The molecule has 1 N–H and O–H groups in total. The van der Waals surface area contributed by atoms with Crippen LogP contribution in [0.3, 0.4) is 0 Å². The van der Waals surface area contributed by atoms with E-state index in [-0.39, 0.29) is 17.0 Å². The van der Waals surface area contributed by atoms with Crippen LogP contribution in [0.15, 0.2) is 15.8 Å². The summed E-state index contributed by atoms with van der Waals surface area (Å²) in [7, 11) is 0. The van der Waals surface area contributed by atoms with Gasteiger partial charge < -0.3 is 0 Å². The van der Waals surface area contributed by atoms with Gasteiger partial charge in [0.05, 0.1) is 0 Å². The van der Waals surface area contributed by atoms with E-state index in [9.17, 15) is 9.59 Å². The van der Waals surface area contributed by atoms with E-state index in [1.54, 1.807) is 0 Å². The fourth-order valence-corrected chi connectivity index (χ4v) is 2.62. The molecule has 1 aromatic heterocycles. The summed E-state index contributed by atoms with van der Waals surface area (Å²) in [5.41, 5.74) is -1.01. The quantitative estimate of drug-likeness (QED) is 0.790. The van der Waals surface area contributed by atoms with Crippen molar-refractivity contribution in [3.8, 4) is 6.07 Å². The third-order valence-electron chi connectivity index (χ3n) is 3.62. The maximum absolute atomic E-state index is 11.8. The predicted octanol–water partition coefficient (Wildman–Crippen LogP) is 1.16. The van der Waals surface area contributed by atoms with Gasteiger partial charge in [0.15, 0.2) is 0 Å². The lowest BCUT2D eigenvalue weighted by molar-refractivity contribution is 0.253. The van der Waals surface area contributed by atoms with Gasteiger partial charge in [0.2, 0.25) is 0 Å². The Morgan fingerprint density at radius 1 is 1.53 bits per heavy atom. The van der Waals surface area contributed by atoms with E-state index >= 15 is 0 Å². The molecule has 0 bridgehead atoms. The molecule has 0 aliphatic heterocycles. The van der Waals surface area contributed by atoms with Gasteiger partial charge in [-0.25, -0.2) is 4.79 Å². The topological polar surface area (TPSA) is 78.7 Å². The van der Waals surface area contributed by atoms with E-state index in [4.69, 9.17) is 5.26 Å². The van der Waals surface area contributed by atoms with Gasteiger partial charge >= 0.3 is 5.69 Å². The minimum absolute atomic E-state index is 0.00713. The first-order valence-corrected chi connectivity index (χ1v) is 5.71. The summed E-state index contributed by atoms with van der Waals surface area (Å²) < 4.78 is 1.51. The summed E-state index contributed by atoms with van der Waals surface area (Å²) in [5, 5.41) is 8.82. The Hall–Kier alpha value is -1.83. The minimum Gasteiger partial charge on any atom is -0.296 e. The Bertz CT molecular complexity index is 589. The Kier molecular flexibility index (Phi) is 2.66. The monoisotopic (exact) mass is 233 g/mol. The standard InChI is InChI=1S/C12H15N3O2/c1-12(2)5-3-4-9(12)15-7-8(6-13)10(16)14-11(15)17/h7,9H,3-5H2,1-2H3,(H,14,16,17). The van der Waals surface area contributed by atoms with Gasteiger partial charge in [-0.3, -0.25) is 14.3 Å². The van der Waals surface area contributed by atoms with Crippen molar-refractivity contribution in [1.82, 2.24) is 9.55 Å². The lowest BCUT2D eigenvalue weighted by Gasteiger charge is -2.28. The summed E-state index contributed by atoms with van der Waals surface area (Å²) in [6.07, 6.45) is 4.40. The van der Waals surface area contributed by atoms with Crippen LogP contribution in [0.4, 0.5) is 0 Å². The minimum atomic E-state index is -0.607. The van der Waals surface area contributed by atoms with E-state index in [0.717, 1.165) is 19.3 Å². The van der Waals surface area contributed by atoms with E-state index in [1.165, 1.54) is 10.8 Å². The molecular weight excluding hydrogens is 218 g/mol. The molecule has 90 valence electrons. The zero-order valence-corrected chi connectivity index (χ0v) is 9.99. The highest BCUT2D eigenvalue weighted by Gasteiger charge is 2.36. The number of nitrogens with one attached hydrogen (secondary N) is 1. The fourth-order valence-electron chi connectivity index (χ4n) is 2.62. The summed E-state index contributed by atoms with van der Waals surface area (Å²) in [6, 6.07) is 1.86. The second kappa shape index (κ2) is 3.88. The van der Waals surface area contributed by atoms with Crippen molar-refractivity contribution in [2.75, 3.05) is 0 Å². The normalized spacial score (nSPS) is 22.3. The lowest BCUT2D eigenvalue weighted by Crippen LogP contribution is -2.36. The molecule has 1 unspecified atom stereocenters. The van der Waals surface area contributed by atoms with Gasteiger partial charge in [-0.05, 0) is 18.3 Å². The molecule has 2 rings (SSSR count). The van der Waals surface area contributed by atoms with Crippen LogP contribution in [0.2, 0.25) is 0 Å². The molecule has 1 fully saturated rings.